The second kappa shape index (κ2) is 6.12. The lowest BCUT2D eigenvalue weighted by molar-refractivity contribution is 0.0762. The second-order valence-corrected chi connectivity index (χ2v) is 5.54. The van der Waals surface area contributed by atoms with E-state index < -0.39 is 5.91 Å². The van der Waals surface area contributed by atoms with Crippen LogP contribution in [-0.4, -0.2) is 45.5 Å². The summed E-state index contributed by atoms with van der Waals surface area (Å²) in [4.78, 5) is 29.6. The van der Waals surface area contributed by atoms with E-state index in [0.29, 0.717) is 30.2 Å². The summed E-state index contributed by atoms with van der Waals surface area (Å²) in [5, 5.41) is 0. The Balaban J connectivity index is 1.67. The number of pyridine rings is 1. The first-order valence-corrected chi connectivity index (χ1v) is 7.37. The van der Waals surface area contributed by atoms with E-state index in [1.54, 1.807) is 35.0 Å². The van der Waals surface area contributed by atoms with Crippen LogP contribution in [0.25, 0.3) is 0 Å². The van der Waals surface area contributed by atoms with Gasteiger partial charge in [-0.25, -0.2) is 4.98 Å². The number of nitrogens with two attached hydrogens (primary N) is 1. The Hall–Kier alpha value is -2.83. The molecular weight excluding hydrogens is 296 g/mol. The molecule has 0 spiro atoms. The fourth-order valence-corrected chi connectivity index (χ4v) is 2.67. The average molecular weight is 314 g/mol. The van der Waals surface area contributed by atoms with Crippen LogP contribution < -0.4 is 10.5 Å². The number of primary amides is 1. The zero-order valence-corrected chi connectivity index (χ0v) is 12.8. The lowest BCUT2D eigenvalue weighted by atomic mass is 10.3. The van der Waals surface area contributed by atoms with Crippen molar-refractivity contribution in [2.45, 2.75) is 12.5 Å². The summed E-state index contributed by atoms with van der Waals surface area (Å²) in [5.74, 6) is -0.119. The van der Waals surface area contributed by atoms with Gasteiger partial charge in [-0.1, -0.05) is 6.07 Å². The molecule has 0 radical (unpaired) electrons. The molecule has 0 saturated carbocycles. The molecule has 2 aromatic heterocycles. The van der Waals surface area contributed by atoms with Gasteiger partial charge in [0.05, 0.1) is 12.1 Å². The Labute approximate surface area is 133 Å². The van der Waals surface area contributed by atoms with Crippen LogP contribution in [0.5, 0.6) is 5.88 Å². The Bertz CT molecular complexity index is 726. The highest BCUT2D eigenvalue weighted by atomic mass is 16.5. The summed E-state index contributed by atoms with van der Waals surface area (Å²) in [6, 6.07) is 7.00. The number of ether oxygens (including phenoxy) is 1. The highest BCUT2D eigenvalue weighted by Gasteiger charge is 2.30. The van der Waals surface area contributed by atoms with Gasteiger partial charge in [0.15, 0.2) is 0 Å². The van der Waals surface area contributed by atoms with E-state index in [2.05, 4.69) is 4.98 Å². The molecule has 7 heteroatoms. The first-order chi connectivity index (χ1) is 11.0. The zero-order valence-electron chi connectivity index (χ0n) is 12.8. The van der Waals surface area contributed by atoms with Crippen molar-refractivity contribution in [1.82, 2.24) is 14.5 Å². The monoisotopic (exact) mass is 314 g/mol. The minimum atomic E-state index is -0.544. The third kappa shape index (κ3) is 3.18. The number of carbonyl (C=O) groups excluding carboxylic acids is 2. The first kappa shape index (κ1) is 15.1. The SMILES string of the molecule is Cn1cc(C(N)=O)cc1C(=O)N1CCC(Oc2ccccn2)C1. The molecule has 1 unspecified atom stereocenters. The summed E-state index contributed by atoms with van der Waals surface area (Å²) in [7, 11) is 1.72. The highest BCUT2D eigenvalue weighted by molar-refractivity contribution is 5.98. The number of aromatic nitrogens is 2. The molecule has 1 saturated heterocycles. The largest absolute Gasteiger partial charge is 0.472 e. The Morgan fingerprint density at radius 3 is 2.87 bits per heavy atom. The van der Waals surface area contributed by atoms with Gasteiger partial charge in [-0.2, -0.15) is 0 Å². The number of aryl methyl sites for hydroxylation is 1. The van der Waals surface area contributed by atoms with E-state index in [1.165, 1.54) is 6.07 Å². The van der Waals surface area contributed by atoms with E-state index in [9.17, 15) is 9.59 Å². The van der Waals surface area contributed by atoms with Crippen molar-refractivity contribution in [2.24, 2.45) is 12.8 Å². The molecule has 3 heterocycles. The summed E-state index contributed by atoms with van der Waals surface area (Å²) in [6.45, 7) is 1.10. The lowest BCUT2D eigenvalue weighted by Gasteiger charge is -2.17. The van der Waals surface area contributed by atoms with Crippen LogP contribution in [0.4, 0.5) is 0 Å². The maximum Gasteiger partial charge on any atom is 0.270 e. The number of carbonyl (C=O) groups is 2. The molecule has 120 valence electrons. The molecule has 1 fully saturated rings. The number of amides is 2. The molecular formula is C16H18N4O3. The quantitative estimate of drug-likeness (QED) is 0.904. The summed E-state index contributed by atoms with van der Waals surface area (Å²) >= 11 is 0. The predicted octanol–water partition coefficient (Wildman–Crippen LogP) is 0.812. The molecule has 3 rings (SSSR count). The molecule has 7 nitrogen and oxygen atoms in total. The fraction of sp³-hybridized carbons (Fsp3) is 0.312. The standard InChI is InChI=1S/C16H18N4O3/c1-19-9-11(15(17)21)8-13(19)16(22)20-7-5-12(10-20)23-14-4-2-3-6-18-14/h2-4,6,8-9,12H,5,7,10H2,1H3,(H2,17,21). The van der Waals surface area contributed by atoms with Crippen LogP contribution in [0.1, 0.15) is 27.3 Å². The van der Waals surface area contributed by atoms with Crippen LogP contribution in [0.2, 0.25) is 0 Å². The van der Waals surface area contributed by atoms with Crippen molar-refractivity contribution in [1.29, 1.82) is 0 Å². The third-order valence-electron chi connectivity index (χ3n) is 3.87. The van der Waals surface area contributed by atoms with Gasteiger partial charge in [0.25, 0.3) is 5.91 Å². The van der Waals surface area contributed by atoms with Crippen molar-refractivity contribution >= 4 is 11.8 Å². The number of hydrogen-bond acceptors (Lipinski definition) is 4. The normalized spacial score (nSPS) is 17.3. The molecule has 23 heavy (non-hydrogen) atoms. The van der Waals surface area contributed by atoms with Crippen LogP contribution in [0.15, 0.2) is 36.7 Å². The van der Waals surface area contributed by atoms with Gasteiger partial charge < -0.3 is 19.9 Å². The van der Waals surface area contributed by atoms with E-state index in [0.717, 1.165) is 6.42 Å². The Morgan fingerprint density at radius 2 is 2.22 bits per heavy atom. The molecule has 0 aliphatic carbocycles. The smallest absolute Gasteiger partial charge is 0.270 e. The van der Waals surface area contributed by atoms with E-state index in [4.69, 9.17) is 10.5 Å². The van der Waals surface area contributed by atoms with Crippen LogP contribution in [-0.2, 0) is 7.05 Å². The predicted molar refractivity (Wildman–Crippen MR) is 83.1 cm³/mol. The second-order valence-electron chi connectivity index (χ2n) is 5.54. The number of rotatable bonds is 4. The minimum Gasteiger partial charge on any atom is -0.472 e. The Morgan fingerprint density at radius 1 is 1.39 bits per heavy atom. The minimum absolute atomic E-state index is 0.0790. The molecule has 1 aliphatic heterocycles. The molecule has 2 aromatic rings. The van der Waals surface area contributed by atoms with Crippen molar-refractivity contribution in [3.63, 3.8) is 0 Å². The number of likely N-dealkylation sites (tertiary alicyclic amines) is 1. The van der Waals surface area contributed by atoms with E-state index in [-0.39, 0.29) is 12.0 Å². The van der Waals surface area contributed by atoms with Gasteiger partial charge in [0.1, 0.15) is 11.8 Å². The fourth-order valence-electron chi connectivity index (χ4n) is 2.67. The van der Waals surface area contributed by atoms with Crippen molar-refractivity contribution in [3.05, 3.63) is 47.9 Å². The first-order valence-electron chi connectivity index (χ1n) is 7.37. The maximum atomic E-state index is 12.6. The number of hydrogen-bond donors (Lipinski definition) is 1. The van der Waals surface area contributed by atoms with Gasteiger partial charge in [-0.3, -0.25) is 9.59 Å². The van der Waals surface area contributed by atoms with Crippen molar-refractivity contribution in [3.8, 4) is 5.88 Å². The maximum absolute atomic E-state index is 12.6. The molecule has 0 bridgehead atoms. The van der Waals surface area contributed by atoms with Crippen molar-refractivity contribution < 1.29 is 14.3 Å². The van der Waals surface area contributed by atoms with E-state index in [1.807, 2.05) is 12.1 Å². The van der Waals surface area contributed by atoms with Crippen LogP contribution in [0.3, 0.4) is 0 Å². The molecule has 2 N–H and O–H groups in total. The van der Waals surface area contributed by atoms with Gasteiger partial charge in [-0.15, -0.1) is 0 Å². The van der Waals surface area contributed by atoms with Crippen molar-refractivity contribution in [2.75, 3.05) is 13.1 Å². The molecule has 2 amide bonds. The van der Waals surface area contributed by atoms with E-state index >= 15 is 0 Å². The average Bonchev–Trinajstić information content (AvgIpc) is 3.14. The third-order valence-corrected chi connectivity index (χ3v) is 3.87. The summed E-state index contributed by atoms with van der Waals surface area (Å²) in [5.41, 5.74) is 6.03. The summed E-state index contributed by atoms with van der Waals surface area (Å²) in [6.07, 6.45) is 3.90. The highest BCUT2D eigenvalue weighted by Crippen LogP contribution is 2.19. The number of nitrogens with zero attached hydrogens (tertiary/aromatic N) is 3. The molecule has 1 aliphatic rings. The van der Waals surface area contributed by atoms with Gasteiger partial charge in [0, 0.05) is 38.5 Å². The zero-order chi connectivity index (χ0) is 16.4. The summed E-state index contributed by atoms with van der Waals surface area (Å²) < 4.78 is 7.40. The van der Waals surface area contributed by atoms with Crippen LogP contribution >= 0.6 is 0 Å². The van der Waals surface area contributed by atoms with Gasteiger partial charge >= 0.3 is 0 Å². The topological polar surface area (TPSA) is 90.5 Å². The van der Waals surface area contributed by atoms with Gasteiger partial charge in [-0.05, 0) is 12.1 Å². The lowest BCUT2D eigenvalue weighted by Crippen LogP contribution is -2.32. The Kier molecular flexibility index (Phi) is 4.01. The molecule has 1 atom stereocenters. The molecule has 0 aromatic carbocycles. The van der Waals surface area contributed by atoms with Gasteiger partial charge in [0.2, 0.25) is 11.8 Å². The van der Waals surface area contributed by atoms with Crippen LogP contribution in [0, 0.1) is 0 Å².